The molecule has 0 spiro atoms. The van der Waals surface area contributed by atoms with Crippen molar-refractivity contribution < 1.29 is 2.74 Å². The quantitative estimate of drug-likeness (QED) is 0.596. The molecular weight excluding hydrogens is 321 g/mol. The van der Waals surface area contributed by atoms with Crippen LogP contribution in [0.15, 0.2) is 16.8 Å². The maximum absolute atomic E-state index is 7.68. The van der Waals surface area contributed by atoms with E-state index >= 15 is 0 Å². The molecule has 0 saturated heterocycles. The van der Waals surface area contributed by atoms with Crippen molar-refractivity contribution in [3.8, 4) is 0 Å². The van der Waals surface area contributed by atoms with Crippen molar-refractivity contribution in [2.45, 2.75) is 0 Å². The third kappa shape index (κ3) is 1.26. The van der Waals surface area contributed by atoms with Crippen molar-refractivity contribution in [1.82, 2.24) is 15.2 Å². The molecule has 1 N–H and O–H groups in total. The SMILES string of the molecule is [2H]c1nc(Br)c([2H])c2c(I)n[nH]c12. The molecule has 0 saturated carbocycles. The molecule has 56 valence electrons. The lowest BCUT2D eigenvalue weighted by molar-refractivity contribution is 1.09. The van der Waals surface area contributed by atoms with Gasteiger partial charge in [-0.1, -0.05) is 0 Å². The molecule has 11 heavy (non-hydrogen) atoms. The topological polar surface area (TPSA) is 41.6 Å². The van der Waals surface area contributed by atoms with Gasteiger partial charge in [-0.05, 0) is 44.6 Å². The molecule has 0 unspecified atom stereocenters. The van der Waals surface area contributed by atoms with Crippen molar-refractivity contribution >= 4 is 49.4 Å². The minimum Gasteiger partial charge on any atom is -0.275 e. The van der Waals surface area contributed by atoms with Gasteiger partial charge >= 0.3 is 0 Å². The zero-order chi connectivity index (χ0) is 9.59. The van der Waals surface area contributed by atoms with Crippen LogP contribution in [-0.2, 0) is 0 Å². The molecule has 2 heterocycles. The highest BCUT2D eigenvalue weighted by atomic mass is 127. The number of aromatic amines is 1. The average Bonchev–Trinajstić information content (AvgIpc) is 2.44. The van der Waals surface area contributed by atoms with Gasteiger partial charge in [0.2, 0.25) is 0 Å². The molecule has 0 aromatic carbocycles. The molecule has 2 aromatic rings. The number of pyridine rings is 1. The summed E-state index contributed by atoms with van der Waals surface area (Å²) in [6.45, 7) is 0. The number of nitrogens with one attached hydrogen (secondary N) is 1. The molecule has 0 aliphatic carbocycles. The second-order valence-corrected chi connectivity index (χ2v) is 3.68. The largest absolute Gasteiger partial charge is 0.275 e. The van der Waals surface area contributed by atoms with E-state index in [1.165, 1.54) is 0 Å². The molecule has 2 rings (SSSR count). The van der Waals surface area contributed by atoms with Crippen LogP contribution in [0.4, 0.5) is 0 Å². The summed E-state index contributed by atoms with van der Waals surface area (Å²) in [5.41, 5.74) is 0.512. The zero-order valence-corrected chi connectivity index (χ0v) is 8.89. The fraction of sp³-hybridized carbons (Fsp3) is 0. The molecule has 0 fully saturated rings. The van der Waals surface area contributed by atoms with Gasteiger partial charge in [0.25, 0.3) is 0 Å². The van der Waals surface area contributed by atoms with Crippen LogP contribution in [0.3, 0.4) is 0 Å². The molecule has 0 aliphatic rings. The van der Waals surface area contributed by atoms with Gasteiger partial charge in [0.1, 0.15) is 8.30 Å². The van der Waals surface area contributed by atoms with E-state index in [-0.39, 0.29) is 12.2 Å². The molecule has 2 aromatic heterocycles. The highest BCUT2D eigenvalue weighted by molar-refractivity contribution is 14.1. The van der Waals surface area contributed by atoms with Gasteiger partial charge in [-0.25, -0.2) is 4.98 Å². The molecule has 3 nitrogen and oxygen atoms in total. The molecule has 0 bridgehead atoms. The number of fused-ring (bicyclic) bond motifs is 1. The first-order valence-electron chi connectivity index (χ1n) is 3.77. The molecular formula is C6H3BrIN3. The Morgan fingerprint density at radius 2 is 2.55 bits per heavy atom. The number of H-pyrrole nitrogens is 1. The van der Waals surface area contributed by atoms with E-state index in [2.05, 4.69) is 31.1 Å². The van der Waals surface area contributed by atoms with E-state index in [1.807, 2.05) is 22.6 Å². The number of hydrogen-bond donors (Lipinski definition) is 1. The summed E-state index contributed by atoms with van der Waals surface area (Å²) < 4.78 is 16.3. The Balaban J connectivity index is 3.00. The predicted octanol–water partition coefficient (Wildman–Crippen LogP) is 2.32. The van der Waals surface area contributed by atoms with E-state index < -0.39 is 0 Å². The smallest absolute Gasteiger partial charge is 0.131 e. The molecule has 0 amide bonds. The zero-order valence-electron chi connectivity index (χ0n) is 7.15. The average molecular weight is 326 g/mol. The normalized spacial score (nSPS) is 13.3. The summed E-state index contributed by atoms with van der Waals surface area (Å²) >= 11 is 5.14. The first-order chi connectivity index (χ1) is 6.11. The first-order valence-corrected chi connectivity index (χ1v) is 4.64. The lowest BCUT2D eigenvalue weighted by Crippen LogP contribution is -1.74. The summed E-state index contributed by atoms with van der Waals surface area (Å²) in [5, 5.41) is 7.24. The Morgan fingerprint density at radius 3 is 3.36 bits per heavy atom. The number of rotatable bonds is 0. The number of aromatic nitrogens is 3. The van der Waals surface area contributed by atoms with Crippen LogP contribution in [0.2, 0.25) is 0 Å². The van der Waals surface area contributed by atoms with Crippen molar-refractivity contribution in [2.75, 3.05) is 0 Å². The Hall–Kier alpha value is -0.170. The Morgan fingerprint density at radius 1 is 1.73 bits per heavy atom. The van der Waals surface area contributed by atoms with Crippen molar-refractivity contribution in [3.05, 3.63) is 20.5 Å². The summed E-state index contributed by atoms with van der Waals surface area (Å²) in [5.74, 6) is 0. The van der Waals surface area contributed by atoms with E-state index in [0.29, 0.717) is 19.2 Å². The van der Waals surface area contributed by atoms with Gasteiger partial charge in [0.05, 0.1) is 14.4 Å². The van der Waals surface area contributed by atoms with Gasteiger partial charge in [0.15, 0.2) is 0 Å². The number of hydrogen-bond acceptors (Lipinski definition) is 2. The van der Waals surface area contributed by atoms with Crippen molar-refractivity contribution in [1.29, 1.82) is 0 Å². The van der Waals surface area contributed by atoms with Crippen LogP contribution in [0.25, 0.3) is 10.9 Å². The van der Waals surface area contributed by atoms with Gasteiger partial charge in [-0.2, -0.15) is 5.10 Å². The van der Waals surface area contributed by atoms with E-state index in [4.69, 9.17) is 2.74 Å². The van der Waals surface area contributed by atoms with Crippen LogP contribution in [0.1, 0.15) is 2.74 Å². The Bertz CT molecular complexity index is 484. The van der Waals surface area contributed by atoms with Gasteiger partial charge in [-0.3, -0.25) is 5.10 Å². The first kappa shape index (κ1) is 5.47. The van der Waals surface area contributed by atoms with E-state index in [9.17, 15) is 0 Å². The fourth-order valence-corrected chi connectivity index (χ4v) is 1.56. The van der Waals surface area contributed by atoms with Crippen LogP contribution in [-0.4, -0.2) is 15.2 Å². The highest BCUT2D eigenvalue weighted by Gasteiger charge is 2.01. The van der Waals surface area contributed by atoms with E-state index in [1.54, 1.807) is 0 Å². The van der Waals surface area contributed by atoms with Gasteiger partial charge in [0, 0.05) is 5.39 Å². The standard InChI is InChI=1S/C6H3BrIN3/c7-5-1-3-4(2-9-5)10-11-6(3)8/h1-2H,(H,10,11)/i1D,2D. The van der Waals surface area contributed by atoms with Crippen molar-refractivity contribution in [2.24, 2.45) is 0 Å². The lowest BCUT2D eigenvalue weighted by atomic mass is 10.3. The highest BCUT2D eigenvalue weighted by Crippen LogP contribution is 2.19. The maximum atomic E-state index is 7.68. The summed E-state index contributed by atoms with van der Waals surface area (Å²) in [6, 6.07) is 0.268. The van der Waals surface area contributed by atoms with Crippen molar-refractivity contribution in [3.63, 3.8) is 0 Å². The third-order valence-electron chi connectivity index (χ3n) is 1.22. The monoisotopic (exact) mass is 325 g/mol. The maximum Gasteiger partial charge on any atom is 0.131 e. The fourth-order valence-electron chi connectivity index (χ4n) is 0.751. The van der Waals surface area contributed by atoms with Crippen LogP contribution in [0.5, 0.6) is 0 Å². The number of nitrogens with zero attached hydrogens (tertiary/aromatic N) is 2. The number of halogens is 2. The third-order valence-corrected chi connectivity index (χ3v) is 2.37. The second-order valence-electron chi connectivity index (χ2n) is 1.90. The predicted molar refractivity (Wildman–Crippen MR) is 54.3 cm³/mol. The van der Waals surface area contributed by atoms with E-state index in [0.717, 1.165) is 0 Å². The lowest BCUT2D eigenvalue weighted by Gasteiger charge is -1.88. The second kappa shape index (κ2) is 2.71. The molecule has 0 atom stereocenters. The molecule has 0 radical (unpaired) electrons. The van der Waals surface area contributed by atoms with Crippen LogP contribution in [0, 0.1) is 3.70 Å². The molecule has 0 aliphatic heterocycles. The van der Waals surface area contributed by atoms with Crippen LogP contribution >= 0.6 is 38.5 Å². The minimum absolute atomic E-state index is 0.105. The summed E-state index contributed by atoms with van der Waals surface area (Å²) in [4.78, 5) is 3.84. The molecule has 5 heteroatoms. The Labute approximate surface area is 87.7 Å². The minimum atomic E-state index is 0.105. The van der Waals surface area contributed by atoms with Gasteiger partial charge < -0.3 is 0 Å². The summed E-state index contributed by atoms with van der Waals surface area (Å²) in [7, 11) is 0. The summed E-state index contributed by atoms with van der Waals surface area (Å²) in [6.07, 6.45) is 0.105. The van der Waals surface area contributed by atoms with Gasteiger partial charge in [-0.15, -0.1) is 0 Å². The van der Waals surface area contributed by atoms with Crippen LogP contribution < -0.4 is 0 Å². The Kier molecular flexibility index (Phi) is 1.35.